The van der Waals surface area contributed by atoms with Crippen molar-refractivity contribution in [3.63, 3.8) is 0 Å². The lowest BCUT2D eigenvalue weighted by Gasteiger charge is -2.16. The minimum atomic E-state index is -1.01. The molecular formula is C18H15F2N3O2. The number of carbonyl (C=O) groups is 2. The molecule has 0 heterocycles. The average molecular weight is 343 g/mol. The second-order valence-electron chi connectivity index (χ2n) is 5.45. The van der Waals surface area contributed by atoms with E-state index in [4.69, 9.17) is 11.0 Å². The number of hydrogen-bond acceptors (Lipinski definition) is 3. The van der Waals surface area contributed by atoms with Crippen LogP contribution in [-0.2, 0) is 22.4 Å². The molecule has 0 saturated heterocycles. The maximum Gasteiger partial charge on any atom is 0.240 e. The highest BCUT2D eigenvalue weighted by atomic mass is 19.1. The quantitative estimate of drug-likeness (QED) is 0.834. The van der Waals surface area contributed by atoms with Crippen LogP contribution in [0.5, 0.6) is 0 Å². The predicted octanol–water partition coefficient (Wildman–Crippen LogP) is 1.59. The van der Waals surface area contributed by atoms with Gasteiger partial charge in [0.25, 0.3) is 0 Å². The number of nitrogens with zero attached hydrogens (tertiary/aromatic N) is 1. The number of benzene rings is 2. The zero-order valence-electron chi connectivity index (χ0n) is 13.1. The standard InChI is InChI=1S/C18H15F2N3O2/c19-14-5-4-13(15(20)9-14)8-17(24)23-16(18(22)25)7-11-2-1-3-12(6-11)10-21/h1-6,9,16H,7-8H2,(H2,22,25)(H,23,24)/t16-/m0/s1. The van der Waals surface area contributed by atoms with Crippen LogP contribution in [0, 0.1) is 23.0 Å². The molecule has 0 bridgehead atoms. The summed E-state index contributed by atoms with van der Waals surface area (Å²) in [6.07, 6.45) is -0.253. The summed E-state index contributed by atoms with van der Waals surface area (Å²) in [7, 11) is 0. The molecule has 25 heavy (non-hydrogen) atoms. The molecule has 2 rings (SSSR count). The zero-order valence-corrected chi connectivity index (χ0v) is 13.1. The molecule has 0 unspecified atom stereocenters. The van der Waals surface area contributed by atoms with E-state index in [1.54, 1.807) is 24.3 Å². The minimum Gasteiger partial charge on any atom is -0.368 e. The summed E-state index contributed by atoms with van der Waals surface area (Å²) >= 11 is 0. The topological polar surface area (TPSA) is 96.0 Å². The number of hydrogen-bond donors (Lipinski definition) is 2. The molecule has 0 aliphatic carbocycles. The van der Waals surface area contributed by atoms with Crippen molar-refractivity contribution >= 4 is 11.8 Å². The Hall–Kier alpha value is -3.27. The molecule has 0 spiro atoms. The molecule has 1 atom stereocenters. The fourth-order valence-corrected chi connectivity index (χ4v) is 2.31. The van der Waals surface area contributed by atoms with Gasteiger partial charge < -0.3 is 11.1 Å². The molecule has 0 radical (unpaired) electrons. The Bertz CT molecular complexity index is 846. The minimum absolute atomic E-state index is 0.00796. The molecule has 0 aromatic heterocycles. The van der Waals surface area contributed by atoms with E-state index in [-0.39, 0.29) is 18.4 Å². The smallest absolute Gasteiger partial charge is 0.240 e. The Morgan fingerprint density at radius 3 is 2.60 bits per heavy atom. The Labute approximate surface area is 143 Å². The van der Waals surface area contributed by atoms with Gasteiger partial charge in [0.1, 0.15) is 17.7 Å². The van der Waals surface area contributed by atoms with Crippen molar-refractivity contribution in [1.29, 1.82) is 5.26 Å². The highest BCUT2D eigenvalue weighted by molar-refractivity contribution is 5.87. The molecule has 2 aromatic carbocycles. The zero-order chi connectivity index (χ0) is 18.4. The van der Waals surface area contributed by atoms with Gasteiger partial charge in [-0.15, -0.1) is 0 Å². The average Bonchev–Trinajstić information content (AvgIpc) is 2.57. The lowest BCUT2D eigenvalue weighted by Crippen LogP contribution is -2.46. The summed E-state index contributed by atoms with van der Waals surface area (Å²) in [6.45, 7) is 0. The first-order valence-electron chi connectivity index (χ1n) is 7.40. The van der Waals surface area contributed by atoms with Crippen molar-refractivity contribution in [2.45, 2.75) is 18.9 Å². The first kappa shape index (κ1) is 18.1. The third kappa shape index (κ3) is 5.11. The summed E-state index contributed by atoms with van der Waals surface area (Å²) in [5, 5.41) is 11.3. The second kappa shape index (κ2) is 8.02. The van der Waals surface area contributed by atoms with Crippen LogP contribution in [-0.4, -0.2) is 17.9 Å². The Balaban J connectivity index is 2.06. The Morgan fingerprint density at radius 2 is 1.96 bits per heavy atom. The predicted molar refractivity (Wildman–Crippen MR) is 86.0 cm³/mol. The number of carbonyl (C=O) groups excluding carboxylic acids is 2. The molecule has 2 amide bonds. The molecule has 5 nitrogen and oxygen atoms in total. The van der Waals surface area contributed by atoms with Crippen molar-refractivity contribution in [3.8, 4) is 6.07 Å². The van der Waals surface area contributed by atoms with E-state index in [0.29, 0.717) is 17.2 Å². The van der Waals surface area contributed by atoms with Crippen LogP contribution in [0.4, 0.5) is 8.78 Å². The fourth-order valence-electron chi connectivity index (χ4n) is 2.31. The van der Waals surface area contributed by atoms with Gasteiger partial charge in [-0.3, -0.25) is 9.59 Å². The van der Waals surface area contributed by atoms with Crippen molar-refractivity contribution in [2.75, 3.05) is 0 Å². The Morgan fingerprint density at radius 1 is 1.20 bits per heavy atom. The third-order valence-corrected chi connectivity index (χ3v) is 3.54. The Kier molecular flexibility index (Phi) is 5.79. The maximum atomic E-state index is 13.6. The van der Waals surface area contributed by atoms with Gasteiger partial charge in [-0.1, -0.05) is 18.2 Å². The van der Waals surface area contributed by atoms with Crippen molar-refractivity contribution in [3.05, 3.63) is 70.8 Å². The van der Waals surface area contributed by atoms with Crippen LogP contribution >= 0.6 is 0 Å². The van der Waals surface area contributed by atoms with E-state index in [1.807, 2.05) is 6.07 Å². The highest BCUT2D eigenvalue weighted by Gasteiger charge is 2.20. The van der Waals surface area contributed by atoms with Crippen LogP contribution in [0.2, 0.25) is 0 Å². The van der Waals surface area contributed by atoms with Crippen LogP contribution in [0.25, 0.3) is 0 Å². The monoisotopic (exact) mass is 343 g/mol. The first-order chi connectivity index (χ1) is 11.9. The van der Waals surface area contributed by atoms with Gasteiger partial charge in [0.05, 0.1) is 18.1 Å². The van der Waals surface area contributed by atoms with Gasteiger partial charge in [0.15, 0.2) is 0 Å². The van der Waals surface area contributed by atoms with Gasteiger partial charge in [-0.2, -0.15) is 5.26 Å². The molecule has 7 heteroatoms. The molecule has 0 fully saturated rings. The lowest BCUT2D eigenvalue weighted by molar-refractivity contribution is -0.127. The van der Waals surface area contributed by atoms with Gasteiger partial charge in [0, 0.05) is 12.5 Å². The normalized spacial score (nSPS) is 11.4. The van der Waals surface area contributed by atoms with Crippen LogP contribution in [0.15, 0.2) is 42.5 Å². The van der Waals surface area contributed by atoms with Crippen LogP contribution in [0.3, 0.4) is 0 Å². The van der Waals surface area contributed by atoms with E-state index in [1.165, 1.54) is 6.07 Å². The number of nitrogens with two attached hydrogens (primary N) is 1. The fraction of sp³-hybridized carbons (Fsp3) is 0.167. The van der Waals surface area contributed by atoms with Gasteiger partial charge >= 0.3 is 0 Å². The lowest BCUT2D eigenvalue weighted by atomic mass is 10.0. The number of halogens is 2. The van der Waals surface area contributed by atoms with Gasteiger partial charge in [-0.05, 0) is 29.3 Å². The van der Waals surface area contributed by atoms with Crippen LogP contribution in [0.1, 0.15) is 16.7 Å². The summed E-state index contributed by atoms with van der Waals surface area (Å²) in [5.74, 6) is -2.96. The first-order valence-corrected chi connectivity index (χ1v) is 7.40. The summed E-state index contributed by atoms with van der Waals surface area (Å²) in [4.78, 5) is 23.6. The van der Waals surface area contributed by atoms with Gasteiger partial charge in [0.2, 0.25) is 11.8 Å². The van der Waals surface area contributed by atoms with E-state index < -0.39 is 29.5 Å². The molecule has 0 aliphatic rings. The molecule has 0 saturated carbocycles. The second-order valence-corrected chi connectivity index (χ2v) is 5.45. The molecule has 128 valence electrons. The summed E-state index contributed by atoms with van der Waals surface area (Å²) in [5.41, 5.74) is 6.38. The van der Waals surface area contributed by atoms with Crippen LogP contribution < -0.4 is 11.1 Å². The van der Waals surface area contributed by atoms with Crippen molar-refractivity contribution < 1.29 is 18.4 Å². The van der Waals surface area contributed by atoms with E-state index in [2.05, 4.69) is 5.32 Å². The number of primary amides is 1. The van der Waals surface area contributed by atoms with Crippen molar-refractivity contribution in [1.82, 2.24) is 5.32 Å². The number of nitriles is 1. The molecule has 0 aliphatic heterocycles. The maximum absolute atomic E-state index is 13.6. The number of nitrogens with one attached hydrogen (secondary N) is 1. The molecular weight excluding hydrogens is 328 g/mol. The SMILES string of the molecule is N#Cc1cccc(C[C@H](NC(=O)Cc2ccc(F)cc2F)C(N)=O)c1. The molecule has 2 aromatic rings. The number of amides is 2. The van der Waals surface area contributed by atoms with E-state index in [0.717, 1.165) is 6.07 Å². The summed E-state index contributed by atoms with van der Waals surface area (Å²) in [6, 6.07) is 10.4. The third-order valence-electron chi connectivity index (χ3n) is 3.54. The van der Waals surface area contributed by atoms with Crippen molar-refractivity contribution in [2.24, 2.45) is 5.73 Å². The van der Waals surface area contributed by atoms with Gasteiger partial charge in [-0.25, -0.2) is 8.78 Å². The molecule has 3 N–H and O–H groups in total. The van der Waals surface area contributed by atoms with E-state index >= 15 is 0 Å². The largest absolute Gasteiger partial charge is 0.368 e. The highest BCUT2D eigenvalue weighted by Crippen LogP contribution is 2.11. The summed E-state index contributed by atoms with van der Waals surface area (Å²) < 4.78 is 26.5. The number of rotatable bonds is 6. The van der Waals surface area contributed by atoms with E-state index in [9.17, 15) is 18.4 Å².